The second kappa shape index (κ2) is 9.22. The molecule has 0 aliphatic carbocycles. The van der Waals surface area contributed by atoms with Gasteiger partial charge in [0.25, 0.3) is 5.91 Å². The molecule has 2 rings (SSSR count). The Hall–Kier alpha value is -3.81. The highest BCUT2D eigenvalue weighted by Crippen LogP contribution is 2.26. The molecule has 0 aromatic heterocycles. The van der Waals surface area contributed by atoms with Gasteiger partial charge in [0, 0.05) is 17.3 Å². The molecule has 0 bridgehead atoms. The number of aromatic hydroxyl groups is 1. The summed E-state index contributed by atoms with van der Waals surface area (Å²) < 4.78 is 10.0. The van der Waals surface area contributed by atoms with Crippen LogP contribution < -0.4 is 15.8 Å². The highest BCUT2D eigenvalue weighted by atomic mass is 16.5. The standard InChI is InChI=1S/C20H20N2O6/c1-12(20(26)22-15-7-5-14(6-8-15)19(21)25)28-18(24)10-4-13-3-9-16(23)17(11-13)27-2/h3-12,23H,1-2H3,(H2,21,25)(H,22,26)/b10-4+/t12-/m0/s1. The van der Waals surface area contributed by atoms with Crippen LogP contribution >= 0.6 is 0 Å². The Balaban J connectivity index is 1.92. The lowest BCUT2D eigenvalue weighted by molar-refractivity contribution is -0.148. The summed E-state index contributed by atoms with van der Waals surface area (Å²) in [6, 6.07) is 10.6. The third-order valence-corrected chi connectivity index (χ3v) is 3.71. The van der Waals surface area contributed by atoms with Gasteiger partial charge in [-0.3, -0.25) is 9.59 Å². The number of ether oxygens (including phenoxy) is 2. The zero-order valence-electron chi connectivity index (χ0n) is 15.3. The van der Waals surface area contributed by atoms with Crippen LogP contribution in [-0.4, -0.2) is 36.1 Å². The highest BCUT2D eigenvalue weighted by Gasteiger charge is 2.17. The predicted molar refractivity (Wildman–Crippen MR) is 103 cm³/mol. The molecule has 8 nitrogen and oxygen atoms in total. The lowest BCUT2D eigenvalue weighted by atomic mass is 10.2. The van der Waals surface area contributed by atoms with Crippen molar-refractivity contribution in [1.82, 2.24) is 0 Å². The van der Waals surface area contributed by atoms with Crippen LogP contribution in [0.15, 0.2) is 48.5 Å². The molecular formula is C20H20N2O6. The third-order valence-electron chi connectivity index (χ3n) is 3.71. The van der Waals surface area contributed by atoms with E-state index in [1.807, 2.05) is 0 Å². The minimum atomic E-state index is -1.04. The number of esters is 1. The van der Waals surface area contributed by atoms with Crippen molar-refractivity contribution in [2.24, 2.45) is 5.73 Å². The highest BCUT2D eigenvalue weighted by molar-refractivity contribution is 5.97. The lowest BCUT2D eigenvalue weighted by Gasteiger charge is -2.12. The Kier molecular flexibility index (Phi) is 6.75. The van der Waals surface area contributed by atoms with Gasteiger partial charge in [0.15, 0.2) is 17.6 Å². The number of anilines is 1. The third kappa shape index (κ3) is 5.60. The van der Waals surface area contributed by atoms with Crippen LogP contribution in [0.1, 0.15) is 22.8 Å². The van der Waals surface area contributed by atoms with Crippen molar-refractivity contribution in [3.05, 3.63) is 59.7 Å². The van der Waals surface area contributed by atoms with E-state index in [2.05, 4.69) is 5.32 Å². The zero-order valence-corrected chi connectivity index (χ0v) is 15.3. The first-order valence-electron chi connectivity index (χ1n) is 8.26. The first kappa shape index (κ1) is 20.5. The maximum Gasteiger partial charge on any atom is 0.331 e. The van der Waals surface area contributed by atoms with Crippen LogP contribution in [0.2, 0.25) is 0 Å². The topological polar surface area (TPSA) is 128 Å². The molecule has 0 aliphatic rings. The number of benzene rings is 2. The van der Waals surface area contributed by atoms with E-state index in [1.54, 1.807) is 12.1 Å². The van der Waals surface area contributed by atoms with Crippen LogP contribution in [0.25, 0.3) is 6.08 Å². The lowest BCUT2D eigenvalue weighted by Crippen LogP contribution is -2.29. The zero-order chi connectivity index (χ0) is 20.7. The summed E-state index contributed by atoms with van der Waals surface area (Å²) in [5.41, 5.74) is 6.51. The molecule has 8 heteroatoms. The maximum atomic E-state index is 12.1. The minimum Gasteiger partial charge on any atom is -0.504 e. The molecule has 0 saturated carbocycles. The van der Waals surface area contributed by atoms with Crippen molar-refractivity contribution in [3.63, 3.8) is 0 Å². The van der Waals surface area contributed by atoms with Crippen molar-refractivity contribution >= 4 is 29.5 Å². The van der Waals surface area contributed by atoms with E-state index in [0.29, 0.717) is 16.8 Å². The van der Waals surface area contributed by atoms with Crippen molar-refractivity contribution in [2.75, 3.05) is 12.4 Å². The maximum absolute atomic E-state index is 12.1. The number of amides is 2. The number of primary amides is 1. The van der Waals surface area contributed by atoms with Gasteiger partial charge in [0.2, 0.25) is 5.91 Å². The molecule has 2 amide bonds. The Labute approximate surface area is 161 Å². The normalized spacial score (nSPS) is 11.6. The summed E-state index contributed by atoms with van der Waals surface area (Å²) in [7, 11) is 1.42. The second-order valence-electron chi connectivity index (χ2n) is 5.77. The quantitative estimate of drug-likeness (QED) is 0.495. The molecule has 2 aromatic carbocycles. The van der Waals surface area contributed by atoms with Crippen LogP contribution in [-0.2, 0) is 14.3 Å². The van der Waals surface area contributed by atoms with Gasteiger partial charge in [-0.15, -0.1) is 0 Å². The number of hydrogen-bond acceptors (Lipinski definition) is 6. The first-order valence-corrected chi connectivity index (χ1v) is 8.26. The Morgan fingerprint density at radius 2 is 1.82 bits per heavy atom. The number of hydrogen-bond donors (Lipinski definition) is 3. The first-order chi connectivity index (χ1) is 13.3. The van der Waals surface area contributed by atoms with E-state index in [4.69, 9.17) is 15.2 Å². The molecule has 0 fully saturated rings. The fourth-order valence-electron chi connectivity index (χ4n) is 2.19. The van der Waals surface area contributed by atoms with Gasteiger partial charge in [-0.2, -0.15) is 0 Å². The molecule has 28 heavy (non-hydrogen) atoms. The number of nitrogens with one attached hydrogen (secondary N) is 1. The fourth-order valence-corrected chi connectivity index (χ4v) is 2.19. The molecule has 0 aliphatic heterocycles. The molecule has 0 spiro atoms. The summed E-state index contributed by atoms with van der Waals surface area (Å²) >= 11 is 0. The van der Waals surface area contributed by atoms with Crippen molar-refractivity contribution in [3.8, 4) is 11.5 Å². The average Bonchev–Trinajstić information content (AvgIpc) is 2.67. The van der Waals surface area contributed by atoms with Gasteiger partial charge < -0.3 is 25.6 Å². The molecule has 0 radical (unpaired) electrons. The molecular weight excluding hydrogens is 364 g/mol. The summed E-state index contributed by atoms with van der Waals surface area (Å²) in [6.07, 6.45) is 1.59. The largest absolute Gasteiger partial charge is 0.504 e. The molecule has 0 heterocycles. The van der Waals surface area contributed by atoms with E-state index in [9.17, 15) is 19.5 Å². The number of rotatable bonds is 7. The average molecular weight is 384 g/mol. The van der Waals surface area contributed by atoms with Gasteiger partial charge in [-0.25, -0.2) is 4.79 Å². The van der Waals surface area contributed by atoms with E-state index >= 15 is 0 Å². The van der Waals surface area contributed by atoms with E-state index in [0.717, 1.165) is 6.08 Å². The number of phenolic OH excluding ortho intramolecular Hbond substituents is 1. The summed E-state index contributed by atoms with van der Waals surface area (Å²) in [6.45, 7) is 1.43. The molecule has 1 atom stereocenters. The summed E-state index contributed by atoms with van der Waals surface area (Å²) in [4.78, 5) is 35.0. The number of phenols is 1. The van der Waals surface area contributed by atoms with Crippen LogP contribution in [0.3, 0.4) is 0 Å². The summed E-state index contributed by atoms with van der Waals surface area (Å²) in [5.74, 6) is -1.56. The van der Waals surface area contributed by atoms with E-state index < -0.39 is 23.9 Å². The van der Waals surface area contributed by atoms with E-state index in [1.165, 1.54) is 50.4 Å². The second-order valence-corrected chi connectivity index (χ2v) is 5.77. The van der Waals surface area contributed by atoms with Gasteiger partial charge >= 0.3 is 5.97 Å². The SMILES string of the molecule is COc1cc(/C=C/C(=O)O[C@@H](C)C(=O)Nc2ccc(C(N)=O)cc2)ccc1O. The smallest absolute Gasteiger partial charge is 0.331 e. The molecule has 0 saturated heterocycles. The van der Waals surface area contributed by atoms with Crippen LogP contribution in [0, 0.1) is 0 Å². The minimum absolute atomic E-state index is 0.0172. The molecule has 146 valence electrons. The van der Waals surface area contributed by atoms with Crippen LogP contribution in [0.5, 0.6) is 11.5 Å². The van der Waals surface area contributed by atoms with Crippen molar-refractivity contribution < 1.29 is 29.0 Å². The number of nitrogens with two attached hydrogens (primary N) is 1. The van der Waals surface area contributed by atoms with E-state index in [-0.39, 0.29) is 11.5 Å². The Morgan fingerprint density at radius 3 is 2.43 bits per heavy atom. The van der Waals surface area contributed by atoms with Crippen molar-refractivity contribution in [2.45, 2.75) is 13.0 Å². The molecule has 0 unspecified atom stereocenters. The number of carbonyl (C=O) groups excluding carboxylic acids is 3. The monoisotopic (exact) mass is 384 g/mol. The Morgan fingerprint density at radius 1 is 1.14 bits per heavy atom. The summed E-state index contributed by atoms with van der Waals surface area (Å²) in [5, 5.41) is 12.1. The molecule has 2 aromatic rings. The fraction of sp³-hybridized carbons (Fsp3) is 0.150. The Bertz CT molecular complexity index is 905. The van der Waals surface area contributed by atoms with Gasteiger partial charge in [-0.05, 0) is 55.0 Å². The van der Waals surface area contributed by atoms with Gasteiger partial charge in [0.05, 0.1) is 7.11 Å². The van der Waals surface area contributed by atoms with Gasteiger partial charge in [0.1, 0.15) is 0 Å². The van der Waals surface area contributed by atoms with Gasteiger partial charge in [-0.1, -0.05) is 6.07 Å². The predicted octanol–water partition coefficient (Wildman–Crippen LogP) is 2.08. The van der Waals surface area contributed by atoms with Crippen LogP contribution in [0.4, 0.5) is 5.69 Å². The molecule has 4 N–H and O–H groups in total. The number of methoxy groups -OCH3 is 1. The number of carbonyl (C=O) groups is 3. The van der Waals surface area contributed by atoms with Crippen molar-refractivity contribution in [1.29, 1.82) is 0 Å².